The van der Waals surface area contributed by atoms with Crippen LogP contribution in [-0.4, -0.2) is 70.3 Å². The molecule has 0 spiro atoms. The van der Waals surface area contributed by atoms with Crippen molar-refractivity contribution >= 4 is 17.7 Å². The molecule has 25 heavy (non-hydrogen) atoms. The highest BCUT2D eigenvalue weighted by atomic mass is 16.5. The lowest BCUT2D eigenvalue weighted by Crippen LogP contribution is -2.39. The van der Waals surface area contributed by atoms with Gasteiger partial charge in [-0.3, -0.25) is 14.4 Å². The van der Waals surface area contributed by atoms with Gasteiger partial charge in [-0.15, -0.1) is 0 Å². The van der Waals surface area contributed by atoms with Crippen LogP contribution >= 0.6 is 0 Å². The van der Waals surface area contributed by atoms with Gasteiger partial charge in [-0.25, -0.2) is 0 Å². The summed E-state index contributed by atoms with van der Waals surface area (Å²) < 4.78 is 10.5. The number of unbranched alkanes of at least 4 members (excludes halogenated alkanes) is 1. The van der Waals surface area contributed by atoms with Crippen LogP contribution in [0.15, 0.2) is 0 Å². The first-order valence-electron chi connectivity index (χ1n) is 8.66. The number of amides is 3. The maximum atomic E-state index is 11.5. The van der Waals surface area contributed by atoms with Crippen LogP contribution in [0.2, 0.25) is 0 Å². The Bertz CT molecular complexity index is 393. The van der Waals surface area contributed by atoms with E-state index in [2.05, 4.69) is 16.0 Å². The van der Waals surface area contributed by atoms with Crippen LogP contribution in [0.4, 0.5) is 0 Å². The molecule has 0 bridgehead atoms. The molecule has 0 rings (SSSR count). The number of likely N-dealkylation sites (N-methyl/N-ethyl adjacent to an activating group) is 1. The maximum Gasteiger partial charge on any atom is 0.245 e. The van der Waals surface area contributed by atoms with Crippen LogP contribution in [0.25, 0.3) is 0 Å². The number of carbonyl (C=O) groups is 3. The van der Waals surface area contributed by atoms with Crippen molar-refractivity contribution in [2.75, 3.05) is 46.6 Å². The van der Waals surface area contributed by atoms with Gasteiger partial charge in [-0.1, -0.05) is 6.92 Å². The third kappa shape index (κ3) is 14.3. The quantitative estimate of drug-likeness (QED) is 0.259. The van der Waals surface area contributed by atoms with E-state index in [1.807, 2.05) is 0 Å². The SMILES string of the molecule is CCC(=O)NCCOCCOCC(=O)NCCCCC(NC)C(N)=O. The van der Waals surface area contributed by atoms with Crippen molar-refractivity contribution in [1.29, 1.82) is 0 Å². The molecule has 9 heteroatoms. The first kappa shape index (κ1) is 23.3. The lowest BCUT2D eigenvalue weighted by atomic mass is 10.1. The molecule has 9 nitrogen and oxygen atoms in total. The molecule has 0 aromatic rings. The second-order valence-corrected chi connectivity index (χ2v) is 5.46. The normalized spacial score (nSPS) is 11.8. The van der Waals surface area contributed by atoms with E-state index in [1.54, 1.807) is 14.0 Å². The Hall–Kier alpha value is -1.71. The standard InChI is InChI=1S/C16H32N4O5/c1-3-14(21)20-8-9-24-10-11-25-12-15(22)19-7-5-4-6-13(18-2)16(17)23/h13,18H,3-12H2,1-2H3,(H2,17,23)(H,19,22)(H,20,21). The fraction of sp³-hybridized carbons (Fsp3) is 0.812. The minimum atomic E-state index is -0.366. The third-order valence-electron chi connectivity index (χ3n) is 3.43. The van der Waals surface area contributed by atoms with Crippen LogP contribution in [0.5, 0.6) is 0 Å². The number of nitrogens with one attached hydrogen (secondary N) is 3. The van der Waals surface area contributed by atoms with Crippen LogP contribution in [0.1, 0.15) is 32.6 Å². The maximum absolute atomic E-state index is 11.5. The first-order valence-corrected chi connectivity index (χ1v) is 8.66. The largest absolute Gasteiger partial charge is 0.377 e. The molecule has 0 radical (unpaired) electrons. The van der Waals surface area contributed by atoms with Crippen LogP contribution in [0.3, 0.4) is 0 Å². The minimum Gasteiger partial charge on any atom is -0.377 e. The van der Waals surface area contributed by atoms with E-state index in [9.17, 15) is 14.4 Å². The lowest BCUT2D eigenvalue weighted by molar-refractivity contribution is -0.126. The third-order valence-corrected chi connectivity index (χ3v) is 3.43. The van der Waals surface area contributed by atoms with Crippen molar-refractivity contribution in [3.8, 4) is 0 Å². The summed E-state index contributed by atoms with van der Waals surface area (Å²) in [5.74, 6) is -0.558. The number of rotatable bonds is 16. The average molecular weight is 360 g/mol. The average Bonchev–Trinajstić information content (AvgIpc) is 2.59. The van der Waals surface area contributed by atoms with Crippen molar-refractivity contribution in [2.45, 2.75) is 38.6 Å². The van der Waals surface area contributed by atoms with E-state index in [0.29, 0.717) is 45.8 Å². The lowest BCUT2D eigenvalue weighted by Gasteiger charge is -2.11. The van der Waals surface area contributed by atoms with Crippen molar-refractivity contribution in [3.05, 3.63) is 0 Å². The molecule has 146 valence electrons. The Labute approximate surface area is 149 Å². The minimum absolute atomic E-state index is 0.00683. The van der Waals surface area contributed by atoms with Crippen molar-refractivity contribution in [1.82, 2.24) is 16.0 Å². The number of carbonyl (C=O) groups excluding carboxylic acids is 3. The van der Waals surface area contributed by atoms with E-state index < -0.39 is 0 Å². The summed E-state index contributed by atoms with van der Waals surface area (Å²) in [6.07, 6.45) is 2.66. The zero-order valence-electron chi connectivity index (χ0n) is 15.3. The summed E-state index contributed by atoms with van der Waals surface area (Å²) in [6.45, 7) is 3.87. The number of primary amides is 1. The molecule has 0 heterocycles. The molecule has 0 aromatic heterocycles. The van der Waals surface area contributed by atoms with Gasteiger partial charge in [0.25, 0.3) is 0 Å². The Morgan fingerprint density at radius 2 is 1.64 bits per heavy atom. The summed E-state index contributed by atoms with van der Waals surface area (Å²) in [5.41, 5.74) is 5.22. The highest BCUT2D eigenvalue weighted by Gasteiger charge is 2.11. The number of nitrogens with two attached hydrogens (primary N) is 1. The predicted octanol–water partition coefficient (Wildman–Crippen LogP) is -1.09. The molecule has 0 aliphatic carbocycles. The molecule has 5 N–H and O–H groups in total. The van der Waals surface area contributed by atoms with Gasteiger partial charge in [0.05, 0.1) is 25.9 Å². The molecule has 0 aliphatic rings. The second-order valence-electron chi connectivity index (χ2n) is 5.46. The highest BCUT2D eigenvalue weighted by Crippen LogP contribution is 1.99. The summed E-state index contributed by atoms with van der Waals surface area (Å²) in [4.78, 5) is 33.5. The predicted molar refractivity (Wildman–Crippen MR) is 93.8 cm³/mol. The monoisotopic (exact) mass is 360 g/mol. The fourth-order valence-corrected chi connectivity index (χ4v) is 1.95. The summed E-state index contributed by atoms with van der Waals surface area (Å²) in [7, 11) is 1.69. The van der Waals surface area contributed by atoms with Gasteiger partial charge >= 0.3 is 0 Å². The Morgan fingerprint density at radius 3 is 2.28 bits per heavy atom. The summed E-state index contributed by atoms with van der Waals surface area (Å²) in [6, 6.07) is -0.325. The van der Waals surface area contributed by atoms with Crippen LogP contribution in [0, 0.1) is 0 Å². The second kappa shape index (κ2) is 15.8. The first-order chi connectivity index (χ1) is 12.0. The van der Waals surface area contributed by atoms with E-state index in [4.69, 9.17) is 15.2 Å². The molecule has 3 amide bonds. The van der Waals surface area contributed by atoms with E-state index in [0.717, 1.165) is 12.8 Å². The number of hydrogen-bond donors (Lipinski definition) is 4. The van der Waals surface area contributed by atoms with Gasteiger partial charge in [-0.2, -0.15) is 0 Å². The number of ether oxygens (including phenoxy) is 2. The van der Waals surface area contributed by atoms with Gasteiger partial charge in [0, 0.05) is 19.5 Å². The van der Waals surface area contributed by atoms with Crippen LogP contribution in [-0.2, 0) is 23.9 Å². The van der Waals surface area contributed by atoms with Crippen molar-refractivity contribution < 1.29 is 23.9 Å². The number of hydrogen-bond acceptors (Lipinski definition) is 6. The molecule has 0 aliphatic heterocycles. The molecule has 1 atom stereocenters. The molecular weight excluding hydrogens is 328 g/mol. The van der Waals surface area contributed by atoms with Crippen LogP contribution < -0.4 is 21.7 Å². The Morgan fingerprint density at radius 1 is 0.960 bits per heavy atom. The summed E-state index contributed by atoms with van der Waals surface area (Å²) in [5, 5.41) is 8.29. The molecule has 1 unspecified atom stereocenters. The fourth-order valence-electron chi connectivity index (χ4n) is 1.95. The Balaban J connectivity index is 3.39. The zero-order chi connectivity index (χ0) is 18.9. The van der Waals surface area contributed by atoms with Gasteiger partial charge in [0.2, 0.25) is 17.7 Å². The highest BCUT2D eigenvalue weighted by molar-refractivity contribution is 5.79. The van der Waals surface area contributed by atoms with Gasteiger partial charge < -0.3 is 31.2 Å². The topological polar surface area (TPSA) is 132 Å². The zero-order valence-corrected chi connectivity index (χ0v) is 15.3. The van der Waals surface area contributed by atoms with E-state index >= 15 is 0 Å². The Kier molecular flexibility index (Phi) is 14.7. The van der Waals surface area contributed by atoms with Gasteiger partial charge in [0.1, 0.15) is 6.61 Å². The van der Waals surface area contributed by atoms with Gasteiger partial charge in [0.15, 0.2) is 0 Å². The van der Waals surface area contributed by atoms with Crippen molar-refractivity contribution in [3.63, 3.8) is 0 Å². The van der Waals surface area contributed by atoms with E-state index in [-0.39, 0.29) is 30.4 Å². The smallest absolute Gasteiger partial charge is 0.245 e. The molecule has 0 saturated carbocycles. The molecule has 0 saturated heterocycles. The molecule has 0 aromatic carbocycles. The molecular formula is C16H32N4O5. The van der Waals surface area contributed by atoms with Crippen molar-refractivity contribution in [2.24, 2.45) is 5.73 Å². The summed E-state index contributed by atoms with van der Waals surface area (Å²) >= 11 is 0. The van der Waals surface area contributed by atoms with E-state index in [1.165, 1.54) is 0 Å². The van der Waals surface area contributed by atoms with Gasteiger partial charge in [-0.05, 0) is 26.3 Å². The molecule has 0 fully saturated rings.